The number of carboxylic acid groups (broad SMARTS) is 1. The molecule has 0 aromatic rings. The van der Waals surface area contributed by atoms with Crippen molar-refractivity contribution in [2.24, 2.45) is 0 Å². The van der Waals surface area contributed by atoms with Crippen molar-refractivity contribution >= 4 is 12.0 Å². The highest BCUT2D eigenvalue weighted by Gasteiger charge is 2.08. The van der Waals surface area contributed by atoms with E-state index in [1.165, 1.54) is 0 Å². The fourth-order valence-electron chi connectivity index (χ4n) is 1.45. The van der Waals surface area contributed by atoms with E-state index in [-0.39, 0.29) is 18.6 Å². The summed E-state index contributed by atoms with van der Waals surface area (Å²) < 4.78 is 10.0. The standard InChI is InChI=1S/C12H24N2O5/c1-18-9-10(19-2)8-14-12(17)13-7-5-3-4-6-11(15)16/h10H,3-9H2,1-2H3,(H,15,16)(H2,13,14,17). The highest BCUT2D eigenvalue weighted by molar-refractivity contribution is 5.73. The van der Waals surface area contributed by atoms with Gasteiger partial charge in [0, 0.05) is 33.7 Å². The number of carbonyl (C=O) groups is 2. The minimum Gasteiger partial charge on any atom is -0.481 e. The van der Waals surface area contributed by atoms with Crippen LogP contribution in [0.1, 0.15) is 25.7 Å². The molecule has 0 saturated carbocycles. The van der Waals surface area contributed by atoms with Crippen LogP contribution in [0, 0.1) is 0 Å². The van der Waals surface area contributed by atoms with E-state index < -0.39 is 5.97 Å². The third-order valence-corrected chi connectivity index (χ3v) is 2.53. The zero-order valence-electron chi connectivity index (χ0n) is 11.6. The number of carbonyl (C=O) groups excluding carboxylic acids is 1. The quantitative estimate of drug-likeness (QED) is 0.480. The van der Waals surface area contributed by atoms with Crippen LogP contribution in [-0.4, -0.2) is 57.1 Å². The number of unbranched alkanes of at least 4 members (excludes halogenated alkanes) is 2. The lowest BCUT2D eigenvalue weighted by Crippen LogP contribution is -2.41. The first-order valence-electron chi connectivity index (χ1n) is 6.35. The predicted molar refractivity (Wildman–Crippen MR) is 70.2 cm³/mol. The Balaban J connectivity index is 3.46. The number of ether oxygens (including phenoxy) is 2. The number of carboxylic acids is 1. The van der Waals surface area contributed by atoms with Gasteiger partial charge in [0.25, 0.3) is 0 Å². The molecule has 1 atom stereocenters. The summed E-state index contributed by atoms with van der Waals surface area (Å²) in [4.78, 5) is 21.7. The van der Waals surface area contributed by atoms with Gasteiger partial charge in [-0.2, -0.15) is 0 Å². The van der Waals surface area contributed by atoms with Crippen LogP contribution in [0.2, 0.25) is 0 Å². The average molecular weight is 276 g/mol. The Kier molecular flexibility index (Phi) is 10.9. The van der Waals surface area contributed by atoms with Gasteiger partial charge in [0.1, 0.15) is 0 Å². The maximum atomic E-state index is 11.4. The van der Waals surface area contributed by atoms with Crippen molar-refractivity contribution in [3.8, 4) is 0 Å². The van der Waals surface area contributed by atoms with E-state index in [1.54, 1.807) is 14.2 Å². The first kappa shape index (κ1) is 17.7. The Morgan fingerprint density at radius 2 is 1.89 bits per heavy atom. The van der Waals surface area contributed by atoms with Crippen LogP contribution in [0.4, 0.5) is 4.79 Å². The molecule has 7 heteroatoms. The minimum absolute atomic E-state index is 0.161. The summed E-state index contributed by atoms with van der Waals surface area (Å²) in [5.41, 5.74) is 0. The molecule has 19 heavy (non-hydrogen) atoms. The van der Waals surface area contributed by atoms with Gasteiger partial charge < -0.3 is 25.2 Å². The van der Waals surface area contributed by atoms with Crippen molar-refractivity contribution in [3.63, 3.8) is 0 Å². The lowest BCUT2D eigenvalue weighted by Gasteiger charge is -2.15. The van der Waals surface area contributed by atoms with E-state index in [1.807, 2.05) is 0 Å². The Bertz CT molecular complexity index is 261. The van der Waals surface area contributed by atoms with Crippen LogP contribution < -0.4 is 10.6 Å². The molecule has 3 N–H and O–H groups in total. The molecule has 0 fully saturated rings. The minimum atomic E-state index is -0.783. The van der Waals surface area contributed by atoms with Gasteiger partial charge in [0.2, 0.25) is 0 Å². The number of methoxy groups -OCH3 is 2. The number of urea groups is 1. The predicted octanol–water partition coefficient (Wildman–Crippen LogP) is 0.592. The van der Waals surface area contributed by atoms with Gasteiger partial charge >= 0.3 is 12.0 Å². The third-order valence-electron chi connectivity index (χ3n) is 2.53. The number of amides is 2. The molecule has 0 aromatic heterocycles. The normalized spacial score (nSPS) is 11.9. The van der Waals surface area contributed by atoms with Crippen LogP contribution in [0.25, 0.3) is 0 Å². The van der Waals surface area contributed by atoms with E-state index in [9.17, 15) is 9.59 Å². The molecule has 2 amide bonds. The van der Waals surface area contributed by atoms with Crippen molar-refractivity contribution < 1.29 is 24.2 Å². The van der Waals surface area contributed by atoms with Crippen molar-refractivity contribution in [2.45, 2.75) is 31.8 Å². The lowest BCUT2D eigenvalue weighted by molar-refractivity contribution is -0.137. The van der Waals surface area contributed by atoms with Crippen LogP contribution in [0.15, 0.2) is 0 Å². The van der Waals surface area contributed by atoms with Gasteiger partial charge in [-0.05, 0) is 12.8 Å². The maximum Gasteiger partial charge on any atom is 0.314 e. The molecular weight excluding hydrogens is 252 g/mol. The highest BCUT2D eigenvalue weighted by atomic mass is 16.5. The second-order valence-corrected chi connectivity index (χ2v) is 4.15. The molecule has 0 spiro atoms. The van der Waals surface area contributed by atoms with E-state index in [0.717, 1.165) is 12.8 Å². The van der Waals surface area contributed by atoms with Crippen LogP contribution >= 0.6 is 0 Å². The van der Waals surface area contributed by atoms with Crippen LogP contribution in [-0.2, 0) is 14.3 Å². The second-order valence-electron chi connectivity index (χ2n) is 4.15. The van der Waals surface area contributed by atoms with E-state index in [4.69, 9.17) is 14.6 Å². The van der Waals surface area contributed by atoms with Gasteiger partial charge in [0.15, 0.2) is 0 Å². The first-order valence-corrected chi connectivity index (χ1v) is 6.35. The third kappa shape index (κ3) is 11.5. The van der Waals surface area contributed by atoms with Gasteiger partial charge in [0.05, 0.1) is 12.7 Å². The molecule has 0 bridgehead atoms. The fourth-order valence-corrected chi connectivity index (χ4v) is 1.45. The zero-order valence-corrected chi connectivity index (χ0v) is 11.6. The van der Waals surface area contributed by atoms with E-state index in [2.05, 4.69) is 10.6 Å². The summed E-state index contributed by atoms with van der Waals surface area (Å²) in [6.07, 6.45) is 2.21. The van der Waals surface area contributed by atoms with Gasteiger partial charge in [-0.15, -0.1) is 0 Å². The number of nitrogens with one attached hydrogen (secondary N) is 2. The maximum absolute atomic E-state index is 11.4. The first-order chi connectivity index (χ1) is 9.10. The second kappa shape index (κ2) is 11.7. The van der Waals surface area contributed by atoms with Gasteiger partial charge in [-0.25, -0.2) is 4.79 Å². The molecular formula is C12H24N2O5. The lowest BCUT2D eigenvalue weighted by atomic mass is 10.2. The molecule has 1 unspecified atom stereocenters. The molecule has 0 aliphatic heterocycles. The number of hydrogen-bond donors (Lipinski definition) is 3. The van der Waals surface area contributed by atoms with Crippen LogP contribution in [0.5, 0.6) is 0 Å². The summed E-state index contributed by atoms with van der Waals surface area (Å²) in [6.45, 7) is 1.34. The van der Waals surface area contributed by atoms with Crippen molar-refractivity contribution in [2.75, 3.05) is 33.9 Å². The highest BCUT2D eigenvalue weighted by Crippen LogP contribution is 1.98. The Hall–Kier alpha value is -1.34. The number of hydrogen-bond acceptors (Lipinski definition) is 4. The Morgan fingerprint density at radius 3 is 2.47 bits per heavy atom. The smallest absolute Gasteiger partial charge is 0.314 e. The number of aliphatic carboxylic acids is 1. The van der Waals surface area contributed by atoms with Crippen molar-refractivity contribution in [1.82, 2.24) is 10.6 Å². The molecule has 0 aliphatic carbocycles. The molecule has 112 valence electrons. The molecule has 0 radical (unpaired) electrons. The van der Waals surface area contributed by atoms with Crippen LogP contribution in [0.3, 0.4) is 0 Å². The summed E-state index contributed by atoms with van der Waals surface area (Å²) in [5, 5.41) is 13.8. The van der Waals surface area contributed by atoms with E-state index in [0.29, 0.717) is 26.1 Å². The van der Waals surface area contributed by atoms with Gasteiger partial charge in [-0.1, -0.05) is 6.42 Å². The summed E-state index contributed by atoms with van der Waals surface area (Å²) in [5.74, 6) is -0.783. The Morgan fingerprint density at radius 1 is 1.16 bits per heavy atom. The molecule has 0 heterocycles. The van der Waals surface area contributed by atoms with Crippen molar-refractivity contribution in [3.05, 3.63) is 0 Å². The topological polar surface area (TPSA) is 96.9 Å². The van der Waals surface area contributed by atoms with Gasteiger partial charge in [-0.3, -0.25) is 4.79 Å². The van der Waals surface area contributed by atoms with Crippen molar-refractivity contribution in [1.29, 1.82) is 0 Å². The molecule has 0 aliphatic rings. The molecule has 0 saturated heterocycles. The summed E-state index contributed by atoms with van der Waals surface area (Å²) in [7, 11) is 3.13. The number of rotatable bonds is 11. The Labute approximate surface area is 113 Å². The monoisotopic (exact) mass is 276 g/mol. The SMILES string of the molecule is COCC(CNC(=O)NCCCCCC(=O)O)OC. The molecule has 7 nitrogen and oxygen atoms in total. The average Bonchev–Trinajstić information content (AvgIpc) is 2.38. The molecule has 0 rings (SSSR count). The summed E-state index contributed by atoms with van der Waals surface area (Å²) >= 11 is 0. The fraction of sp³-hybridized carbons (Fsp3) is 0.833. The summed E-state index contributed by atoms with van der Waals surface area (Å²) in [6, 6.07) is -0.253. The van der Waals surface area contributed by atoms with E-state index >= 15 is 0 Å². The zero-order chi connectivity index (χ0) is 14.5. The molecule has 0 aromatic carbocycles. The largest absolute Gasteiger partial charge is 0.481 e.